The zero-order valence-corrected chi connectivity index (χ0v) is 7.32. The van der Waals surface area contributed by atoms with Gasteiger partial charge < -0.3 is 6.92 Å². The Morgan fingerprint density at radius 1 is 1.00 bits per heavy atom. The predicted octanol–water partition coefficient (Wildman–Crippen LogP) is 3.18. The van der Waals surface area contributed by atoms with Crippen molar-refractivity contribution in [3.8, 4) is 0 Å². The molecule has 1 heteroatoms. The third-order valence-electron chi connectivity index (χ3n) is 1.35. The van der Waals surface area contributed by atoms with Crippen molar-refractivity contribution >= 4 is 0 Å². The fourth-order valence-electron chi connectivity index (χ4n) is 0.780. The van der Waals surface area contributed by atoms with Crippen LogP contribution in [0.4, 0.5) is 0 Å². The molecule has 0 aromatic rings. The molecular weight excluding hydrogens is 155 g/mol. The number of hydrogen-bond donors (Lipinski definition) is 0. The zero-order valence-electron chi connectivity index (χ0n) is 6.28. The van der Waals surface area contributed by atoms with Crippen molar-refractivity contribution in [1.82, 2.24) is 0 Å². The molecule has 0 amide bonds. The first-order valence-corrected chi connectivity index (χ1v) is 3.71. The van der Waals surface area contributed by atoms with Gasteiger partial charge in [0.2, 0.25) is 0 Å². The summed E-state index contributed by atoms with van der Waals surface area (Å²) < 4.78 is 0. The fraction of sp³-hybridized carbons (Fsp3) is 0.875. The van der Waals surface area contributed by atoms with Crippen LogP contribution in [0.3, 0.4) is 0 Å². The van der Waals surface area contributed by atoms with Gasteiger partial charge in [0.1, 0.15) is 0 Å². The molecule has 0 aromatic heterocycles. The van der Waals surface area contributed by atoms with Gasteiger partial charge in [0, 0.05) is 0 Å². The molecule has 0 saturated heterocycles. The molecule has 0 saturated carbocycles. The van der Waals surface area contributed by atoms with Crippen LogP contribution >= 0.6 is 0 Å². The van der Waals surface area contributed by atoms with E-state index in [-0.39, 0.29) is 16.8 Å². The number of hydrogen-bond acceptors (Lipinski definition) is 0. The quantitative estimate of drug-likeness (QED) is 0.441. The fourth-order valence-corrected chi connectivity index (χ4v) is 0.780. The Bertz CT molecular complexity index is 29.5. The molecule has 0 heterocycles. The maximum absolute atomic E-state index is 3.78. The van der Waals surface area contributed by atoms with Crippen molar-refractivity contribution in [2.24, 2.45) is 0 Å². The van der Waals surface area contributed by atoms with E-state index in [1.165, 1.54) is 32.1 Å². The summed E-state index contributed by atoms with van der Waals surface area (Å²) in [6.07, 6.45) is 7.98. The van der Waals surface area contributed by atoms with E-state index in [0.29, 0.717) is 0 Å². The minimum absolute atomic E-state index is 0. The first-order valence-electron chi connectivity index (χ1n) is 3.71. The van der Waals surface area contributed by atoms with E-state index in [0.717, 1.165) is 6.42 Å². The Kier molecular flexibility index (Phi) is 15.4. The molecule has 0 bridgehead atoms. The second kappa shape index (κ2) is 11.3. The summed E-state index contributed by atoms with van der Waals surface area (Å²) in [5, 5.41) is 0. The van der Waals surface area contributed by atoms with Crippen molar-refractivity contribution in [2.45, 2.75) is 45.4 Å². The van der Waals surface area contributed by atoms with Crippen LogP contribution < -0.4 is 0 Å². The van der Waals surface area contributed by atoms with Gasteiger partial charge in [0.25, 0.3) is 0 Å². The Balaban J connectivity index is 0. The summed E-state index contributed by atoms with van der Waals surface area (Å²) in [6.45, 7) is 6.02. The third kappa shape index (κ3) is 11.9. The topological polar surface area (TPSA) is 0 Å². The van der Waals surface area contributed by atoms with Crippen molar-refractivity contribution in [3.05, 3.63) is 6.92 Å². The third-order valence-corrected chi connectivity index (χ3v) is 1.35. The first-order chi connectivity index (χ1) is 3.91. The Labute approximate surface area is 69.6 Å². The van der Waals surface area contributed by atoms with Crippen molar-refractivity contribution < 1.29 is 16.8 Å². The summed E-state index contributed by atoms with van der Waals surface area (Å²) in [6, 6.07) is 0. The minimum Gasteiger partial charge on any atom is -0.343 e. The van der Waals surface area contributed by atoms with E-state index in [1.807, 2.05) is 0 Å². The molecule has 0 aromatic carbocycles. The van der Waals surface area contributed by atoms with Crippen LogP contribution in [-0.4, -0.2) is 0 Å². The predicted molar refractivity (Wildman–Crippen MR) is 38.7 cm³/mol. The average Bonchev–Trinajstić information content (AvgIpc) is 1.81. The largest absolute Gasteiger partial charge is 3.00 e. The zero-order chi connectivity index (χ0) is 6.24. The van der Waals surface area contributed by atoms with Gasteiger partial charge in [-0.2, -0.15) is 6.42 Å². The monoisotopic (exact) mass is 172 g/mol. The molecule has 0 unspecified atom stereocenters. The maximum atomic E-state index is 3.78. The molecule has 0 aliphatic carbocycles. The van der Waals surface area contributed by atoms with Crippen LogP contribution in [0, 0.1) is 6.92 Å². The molecule has 0 aliphatic heterocycles. The van der Waals surface area contributed by atoms with Gasteiger partial charge in [-0.05, 0) is 0 Å². The number of unbranched alkanes of at least 4 members (excludes halogenated alkanes) is 5. The van der Waals surface area contributed by atoms with Crippen LogP contribution in [0.5, 0.6) is 0 Å². The van der Waals surface area contributed by atoms with Crippen LogP contribution in [0.2, 0.25) is 0 Å². The molecule has 0 radical (unpaired) electrons. The van der Waals surface area contributed by atoms with Crippen molar-refractivity contribution in [2.75, 3.05) is 0 Å². The molecule has 0 atom stereocenters. The van der Waals surface area contributed by atoms with E-state index in [1.54, 1.807) is 0 Å². The molecule has 0 rings (SSSR count). The van der Waals surface area contributed by atoms with Crippen LogP contribution in [0.15, 0.2) is 0 Å². The molecular formula is C8H17Co+2. The van der Waals surface area contributed by atoms with Gasteiger partial charge in [-0.3, -0.25) is 0 Å². The summed E-state index contributed by atoms with van der Waals surface area (Å²) in [7, 11) is 0. The molecule has 0 N–H and O–H groups in total. The second-order valence-electron chi connectivity index (χ2n) is 2.27. The normalized spacial score (nSPS) is 8.67. The smallest absolute Gasteiger partial charge is 0.343 e. The van der Waals surface area contributed by atoms with Gasteiger partial charge in [-0.25, -0.2) is 0 Å². The first kappa shape index (κ1) is 12.2. The minimum atomic E-state index is 0. The maximum Gasteiger partial charge on any atom is 3.00 e. The van der Waals surface area contributed by atoms with E-state index in [9.17, 15) is 0 Å². The molecule has 56 valence electrons. The summed E-state index contributed by atoms with van der Waals surface area (Å²) in [5.41, 5.74) is 0. The van der Waals surface area contributed by atoms with Crippen molar-refractivity contribution in [1.29, 1.82) is 0 Å². The molecule has 0 fully saturated rings. The van der Waals surface area contributed by atoms with Crippen LogP contribution in [-0.2, 0) is 16.8 Å². The second-order valence-corrected chi connectivity index (χ2v) is 2.27. The molecule has 0 spiro atoms. The van der Waals surface area contributed by atoms with E-state index >= 15 is 0 Å². The SMILES string of the molecule is [CH2-]CCCCCCC.[Co+3]. The standard InChI is InChI=1S/C8H17.Co/c1-3-5-7-8-6-4-2;/h1,3-8H2,2H3;/q-1;+3. The van der Waals surface area contributed by atoms with E-state index in [2.05, 4.69) is 13.8 Å². The van der Waals surface area contributed by atoms with Gasteiger partial charge in [-0.15, -0.1) is 0 Å². The number of rotatable bonds is 5. The van der Waals surface area contributed by atoms with E-state index in [4.69, 9.17) is 0 Å². The molecule has 0 nitrogen and oxygen atoms in total. The Morgan fingerprint density at radius 3 is 2.00 bits per heavy atom. The van der Waals surface area contributed by atoms with Gasteiger partial charge in [0.15, 0.2) is 0 Å². The summed E-state index contributed by atoms with van der Waals surface area (Å²) in [4.78, 5) is 0. The van der Waals surface area contributed by atoms with Crippen LogP contribution in [0.25, 0.3) is 0 Å². The van der Waals surface area contributed by atoms with Crippen LogP contribution in [0.1, 0.15) is 45.4 Å². The van der Waals surface area contributed by atoms with Gasteiger partial charge in [0.05, 0.1) is 0 Å². The van der Waals surface area contributed by atoms with Crippen molar-refractivity contribution in [3.63, 3.8) is 0 Å². The average molecular weight is 172 g/mol. The van der Waals surface area contributed by atoms with E-state index < -0.39 is 0 Å². The summed E-state index contributed by atoms with van der Waals surface area (Å²) in [5.74, 6) is 0. The van der Waals surface area contributed by atoms with Gasteiger partial charge >= 0.3 is 16.8 Å². The summed E-state index contributed by atoms with van der Waals surface area (Å²) >= 11 is 0. The Hall–Kier alpha value is 0.506. The molecule has 0 aliphatic rings. The van der Waals surface area contributed by atoms with Gasteiger partial charge in [-0.1, -0.05) is 39.0 Å². The Morgan fingerprint density at radius 2 is 1.56 bits per heavy atom. The molecule has 9 heavy (non-hydrogen) atoms.